The molecule has 2 aromatic rings. The molecule has 3 N–H and O–H groups in total. The zero-order valence-corrected chi connectivity index (χ0v) is 10.6. The molecule has 98 valence electrons. The second kappa shape index (κ2) is 5.54. The van der Waals surface area contributed by atoms with Crippen LogP contribution in [0.3, 0.4) is 0 Å². The van der Waals surface area contributed by atoms with Crippen LogP contribution in [0.15, 0.2) is 42.5 Å². The molecule has 0 heterocycles. The summed E-state index contributed by atoms with van der Waals surface area (Å²) in [5.74, 6) is 0.710. The molecule has 0 spiro atoms. The first kappa shape index (κ1) is 13.1. The van der Waals surface area contributed by atoms with E-state index >= 15 is 0 Å². The van der Waals surface area contributed by atoms with Crippen molar-refractivity contribution < 1.29 is 14.6 Å². The van der Waals surface area contributed by atoms with Crippen molar-refractivity contribution in [1.29, 1.82) is 0 Å². The number of rotatable bonds is 4. The molecule has 0 radical (unpaired) electrons. The summed E-state index contributed by atoms with van der Waals surface area (Å²) in [6.07, 6.45) is 0. The van der Waals surface area contributed by atoms with E-state index in [0.717, 1.165) is 11.1 Å². The molecule has 0 atom stereocenters. The van der Waals surface area contributed by atoms with Gasteiger partial charge >= 0.3 is 0 Å². The van der Waals surface area contributed by atoms with Crippen molar-refractivity contribution in [2.45, 2.75) is 13.5 Å². The molecule has 0 aliphatic carbocycles. The fraction of sp³-hybridized carbons (Fsp3) is 0.133. The number of carbonyl (C=O) groups is 1. The van der Waals surface area contributed by atoms with Crippen molar-refractivity contribution in [3.8, 4) is 11.5 Å². The molecule has 0 bridgehead atoms. The normalized spacial score (nSPS) is 10.2. The lowest BCUT2D eigenvalue weighted by Gasteiger charge is -2.10. The Morgan fingerprint density at radius 2 is 1.89 bits per heavy atom. The highest BCUT2D eigenvalue weighted by Crippen LogP contribution is 2.26. The quantitative estimate of drug-likeness (QED) is 0.883. The van der Waals surface area contributed by atoms with Gasteiger partial charge in [0, 0.05) is 11.1 Å². The third-order valence-corrected chi connectivity index (χ3v) is 2.75. The Morgan fingerprint density at radius 3 is 2.47 bits per heavy atom. The predicted molar refractivity (Wildman–Crippen MR) is 72.1 cm³/mol. The number of amides is 1. The number of primary amides is 1. The van der Waals surface area contributed by atoms with Gasteiger partial charge in [-0.1, -0.05) is 17.7 Å². The molecule has 0 aromatic heterocycles. The van der Waals surface area contributed by atoms with Gasteiger partial charge in [-0.25, -0.2) is 0 Å². The maximum Gasteiger partial charge on any atom is 0.248 e. The van der Waals surface area contributed by atoms with Gasteiger partial charge in [-0.3, -0.25) is 4.79 Å². The van der Waals surface area contributed by atoms with Crippen molar-refractivity contribution in [3.05, 3.63) is 59.2 Å². The lowest BCUT2D eigenvalue weighted by Crippen LogP contribution is -2.10. The molecule has 0 saturated heterocycles. The van der Waals surface area contributed by atoms with Gasteiger partial charge in [0.2, 0.25) is 5.91 Å². The molecule has 0 aliphatic rings. The number of benzene rings is 2. The van der Waals surface area contributed by atoms with Crippen LogP contribution in [0.25, 0.3) is 0 Å². The molecule has 2 aromatic carbocycles. The van der Waals surface area contributed by atoms with Crippen molar-refractivity contribution in [3.63, 3.8) is 0 Å². The molecule has 0 aliphatic heterocycles. The third kappa shape index (κ3) is 3.11. The lowest BCUT2D eigenvalue weighted by molar-refractivity contribution is 0.100. The van der Waals surface area contributed by atoms with Crippen LogP contribution in [-0.2, 0) is 6.61 Å². The molecule has 4 heteroatoms. The smallest absolute Gasteiger partial charge is 0.248 e. The van der Waals surface area contributed by atoms with Crippen LogP contribution in [0.5, 0.6) is 11.5 Å². The minimum Gasteiger partial charge on any atom is -0.457 e. The minimum absolute atomic E-state index is 0.0869. The van der Waals surface area contributed by atoms with E-state index in [1.807, 2.05) is 25.1 Å². The van der Waals surface area contributed by atoms with Crippen molar-refractivity contribution >= 4 is 5.91 Å². The number of aliphatic hydroxyl groups is 1. The monoisotopic (exact) mass is 257 g/mol. The van der Waals surface area contributed by atoms with Gasteiger partial charge in [0.1, 0.15) is 11.5 Å². The average molecular weight is 257 g/mol. The number of nitrogens with two attached hydrogens (primary N) is 1. The van der Waals surface area contributed by atoms with E-state index in [0.29, 0.717) is 17.1 Å². The fourth-order valence-corrected chi connectivity index (χ4v) is 1.75. The lowest BCUT2D eigenvalue weighted by atomic mass is 10.1. The van der Waals surface area contributed by atoms with Gasteiger partial charge in [-0.05, 0) is 37.3 Å². The summed E-state index contributed by atoms with van der Waals surface area (Å²) in [5.41, 5.74) is 7.37. The molecule has 19 heavy (non-hydrogen) atoms. The highest BCUT2D eigenvalue weighted by molar-refractivity contribution is 5.92. The van der Waals surface area contributed by atoms with Gasteiger partial charge in [0.05, 0.1) is 6.61 Å². The fourth-order valence-electron chi connectivity index (χ4n) is 1.75. The SMILES string of the molecule is Cc1ccc(Oc2ccc(C(N)=O)cc2)c(CO)c1. The van der Waals surface area contributed by atoms with E-state index in [4.69, 9.17) is 10.5 Å². The molecular weight excluding hydrogens is 242 g/mol. The van der Waals surface area contributed by atoms with Crippen LogP contribution in [0.4, 0.5) is 0 Å². The van der Waals surface area contributed by atoms with E-state index in [9.17, 15) is 9.90 Å². The largest absolute Gasteiger partial charge is 0.457 e. The summed E-state index contributed by atoms with van der Waals surface area (Å²) in [6, 6.07) is 12.1. The molecular formula is C15H15NO3. The van der Waals surface area contributed by atoms with Crippen molar-refractivity contribution in [2.24, 2.45) is 5.73 Å². The van der Waals surface area contributed by atoms with Crippen LogP contribution < -0.4 is 10.5 Å². The highest BCUT2D eigenvalue weighted by atomic mass is 16.5. The first-order valence-corrected chi connectivity index (χ1v) is 5.88. The van der Waals surface area contributed by atoms with Crippen LogP contribution >= 0.6 is 0 Å². The number of carbonyl (C=O) groups excluding carboxylic acids is 1. The zero-order valence-electron chi connectivity index (χ0n) is 10.6. The molecule has 4 nitrogen and oxygen atoms in total. The molecule has 0 saturated carbocycles. The van der Waals surface area contributed by atoms with Crippen molar-refractivity contribution in [2.75, 3.05) is 0 Å². The Labute approximate surface area is 111 Å². The number of aryl methyl sites for hydroxylation is 1. The molecule has 0 unspecified atom stereocenters. The Kier molecular flexibility index (Phi) is 3.82. The second-order valence-electron chi connectivity index (χ2n) is 4.26. The van der Waals surface area contributed by atoms with Gasteiger partial charge in [-0.2, -0.15) is 0 Å². The number of aliphatic hydroxyl groups excluding tert-OH is 1. The Bertz CT molecular complexity index is 591. The summed E-state index contributed by atoms with van der Waals surface area (Å²) < 4.78 is 5.68. The van der Waals surface area contributed by atoms with Crippen molar-refractivity contribution in [1.82, 2.24) is 0 Å². The summed E-state index contributed by atoms with van der Waals surface area (Å²) in [7, 11) is 0. The third-order valence-electron chi connectivity index (χ3n) is 2.75. The second-order valence-corrected chi connectivity index (χ2v) is 4.26. The number of hydrogen-bond donors (Lipinski definition) is 2. The van der Waals surface area contributed by atoms with Gasteiger partial charge in [-0.15, -0.1) is 0 Å². The van der Waals surface area contributed by atoms with E-state index in [1.165, 1.54) is 0 Å². The van der Waals surface area contributed by atoms with Gasteiger partial charge in [0.25, 0.3) is 0 Å². The maximum absolute atomic E-state index is 11.0. The summed E-state index contributed by atoms with van der Waals surface area (Å²) in [4.78, 5) is 11.0. The molecule has 1 amide bonds. The summed E-state index contributed by atoms with van der Waals surface area (Å²) in [6.45, 7) is 1.86. The van der Waals surface area contributed by atoms with Gasteiger partial charge in [0.15, 0.2) is 0 Å². The van der Waals surface area contributed by atoms with E-state index in [1.54, 1.807) is 24.3 Å². The topological polar surface area (TPSA) is 72.5 Å². The molecule has 2 rings (SSSR count). The first-order valence-electron chi connectivity index (χ1n) is 5.88. The zero-order chi connectivity index (χ0) is 13.8. The Hall–Kier alpha value is -2.33. The van der Waals surface area contributed by atoms with E-state index < -0.39 is 5.91 Å². The summed E-state index contributed by atoms with van der Waals surface area (Å²) >= 11 is 0. The van der Waals surface area contributed by atoms with Crippen LogP contribution in [0, 0.1) is 6.92 Å². The predicted octanol–water partition coefficient (Wildman–Crippen LogP) is 2.38. The average Bonchev–Trinajstić information content (AvgIpc) is 2.41. The van der Waals surface area contributed by atoms with Crippen LogP contribution in [-0.4, -0.2) is 11.0 Å². The maximum atomic E-state index is 11.0. The summed E-state index contributed by atoms with van der Waals surface area (Å²) in [5, 5.41) is 9.30. The Balaban J connectivity index is 2.23. The Morgan fingerprint density at radius 1 is 1.21 bits per heavy atom. The molecule has 0 fully saturated rings. The number of hydrogen-bond acceptors (Lipinski definition) is 3. The highest BCUT2D eigenvalue weighted by Gasteiger charge is 2.05. The number of ether oxygens (including phenoxy) is 1. The van der Waals surface area contributed by atoms with E-state index in [2.05, 4.69) is 0 Å². The standard InChI is InChI=1S/C15H15NO3/c1-10-2-7-14(12(8-10)9-17)19-13-5-3-11(4-6-13)15(16)18/h2-8,17H,9H2,1H3,(H2,16,18). The minimum atomic E-state index is -0.474. The first-order chi connectivity index (χ1) is 9.10. The van der Waals surface area contributed by atoms with Crippen LogP contribution in [0.2, 0.25) is 0 Å². The van der Waals surface area contributed by atoms with Gasteiger partial charge < -0.3 is 15.6 Å². The van der Waals surface area contributed by atoms with Crippen LogP contribution in [0.1, 0.15) is 21.5 Å². The van der Waals surface area contributed by atoms with E-state index in [-0.39, 0.29) is 6.61 Å².